The molecule has 0 saturated heterocycles. The summed E-state index contributed by atoms with van der Waals surface area (Å²) in [4.78, 5) is 29.3. The number of amides is 2. The lowest BCUT2D eigenvalue weighted by Gasteiger charge is -2.31. The van der Waals surface area contributed by atoms with Gasteiger partial charge in [-0.3, -0.25) is 15.0 Å². The molecule has 2 N–H and O–H groups in total. The summed E-state index contributed by atoms with van der Waals surface area (Å²) in [7, 11) is 0. The van der Waals surface area contributed by atoms with Crippen LogP contribution in [0.15, 0.2) is 35.3 Å². The van der Waals surface area contributed by atoms with Crippen molar-refractivity contribution >= 4 is 23.3 Å². The lowest BCUT2D eigenvalue weighted by Crippen LogP contribution is -2.59. The van der Waals surface area contributed by atoms with Crippen LogP contribution in [0.1, 0.15) is 32.6 Å². The summed E-state index contributed by atoms with van der Waals surface area (Å²) in [6.07, 6.45) is 4.80. The number of nitrogens with zero attached hydrogens (tertiary/aromatic N) is 2. The van der Waals surface area contributed by atoms with E-state index in [4.69, 9.17) is 0 Å². The molecule has 1 atom stereocenters. The summed E-state index contributed by atoms with van der Waals surface area (Å²) in [5.41, 5.74) is 3.60. The number of hydrogen-bond donors (Lipinski definition) is 2. The maximum absolute atomic E-state index is 12.7. The van der Waals surface area contributed by atoms with Crippen LogP contribution in [0.5, 0.6) is 0 Å². The van der Waals surface area contributed by atoms with Gasteiger partial charge >= 0.3 is 0 Å². The molecule has 24 heavy (non-hydrogen) atoms. The monoisotopic (exact) mass is 326 g/mol. The van der Waals surface area contributed by atoms with E-state index in [-0.39, 0.29) is 23.7 Å². The van der Waals surface area contributed by atoms with E-state index in [0.29, 0.717) is 17.5 Å². The lowest BCUT2D eigenvalue weighted by molar-refractivity contribution is -0.120. The van der Waals surface area contributed by atoms with Gasteiger partial charge in [0.1, 0.15) is 6.04 Å². The number of carbonyl (C=O) groups is 2. The molecule has 1 aliphatic heterocycles. The molecule has 4 rings (SSSR count). The first-order valence-electron chi connectivity index (χ1n) is 8.68. The second-order valence-corrected chi connectivity index (χ2v) is 6.95. The summed E-state index contributed by atoms with van der Waals surface area (Å²) in [6.45, 7) is 1.71. The van der Waals surface area contributed by atoms with Crippen LogP contribution in [0.2, 0.25) is 0 Å². The Kier molecular flexibility index (Phi) is 3.75. The number of benzene rings is 1. The molecule has 6 heteroatoms. The van der Waals surface area contributed by atoms with Gasteiger partial charge in [-0.25, -0.2) is 10.0 Å². The van der Waals surface area contributed by atoms with Gasteiger partial charge in [0.15, 0.2) is 0 Å². The fourth-order valence-corrected chi connectivity index (χ4v) is 3.25. The molecule has 1 aromatic carbocycles. The van der Waals surface area contributed by atoms with Crippen molar-refractivity contribution in [1.82, 2.24) is 10.7 Å². The number of rotatable bonds is 5. The standard InChI is InChI=1S/C18H22N4O2/c1-11-18(24)22(14-5-3-2-4-6-14)21-16(19-11)17(23)20-15(12-7-8-12)13-9-10-13/h2-6,11-13,15H,7-10H2,1H3,(H,19,21)(H,20,23)/t11-/m0/s1. The number of anilines is 1. The number of aliphatic imine (C=N–C) groups is 1. The van der Waals surface area contributed by atoms with Gasteiger partial charge in [-0.1, -0.05) is 18.2 Å². The minimum Gasteiger partial charge on any atom is -0.346 e. The zero-order chi connectivity index (χ0) is 16.7. The zero-order valence-electron chi connectivity index (χ0n) is 13.7. The normalized spacial score (nSPS) is 23.8. The Bertz CT molecular complexity index is 668. The average Bonchev–Trinajstić information content (AvgIpc) is 3.48. The van der Waals surface area contributed by atoms with E-state index < -0.39 is 6.04 Å². The molecule has 126 valence electrons. The predicted octanol–water partition coefficient (Wildman–Crippen LogP) is 1.63. The lowest BCUT2D eigenvalue weighted by atomic mass is 10.1. The van der Waals surface area contributed by atoms with Gasteiger partial charge in [0.2, 0.25) is 5.84 Å². The van der Waals surface area contributed by atoms with Crippen LogP contribution in [-0.4, -0.2) is 29.7 Å². The van der Waals surface area contributed by atoms with E-state index in [2.05, 4.69) is 15.7 Å². The average molecular weight is 326 g/mol. The topological polar surface area (TPSA) is 73.8 Å². The first kappa shape index (κ1) is 15.2. The zero-order valence-corrected chi connectivity index (χ0v) is 13.7. The summed E-state index contributed by atoms with van der Waals surface area (Å²) in [5, 5.41) is 4.56. The highest BCUT2D eigenvalue weighted by molar-refractivity contribution is 6.39. The van der Waals surface area contributed by atoms with E-state index in [1.807, 2.05) is 30.3 Å². The molecule has 2 aliphatic carbocycles. The number of para-hydroxylation sites is 1. The van der Waals surface area contributed by atoms with Crippen molar-refractivity contribution in [3.8, 4) is 0 Å². The molecule has 2 fully saturated rings. The second-order valence-electron chi connectivity index (χ2n) is 6.95. The molecular weight excluding hydrogens is 304 g/mol. The smallest absolute Gasteiger partial charge is 0.288 e. The Morgan fingerprint density at radius 2 is 1.83 bits per heavy atom. The van der Waals surface area contributed by atoms with Crippen molar-refractivity contribution in [3.05, 3.63) is 30.3 Å². The molecule has 0 spiro atoms. The third kappa shape index (κ3) is 3.00. The number of hydrogen-bond acceptors (Lipinski definition) is 4. The third-order valence-corrected chi connectivity index (χ3v) is 4.91. The molecule has 3 aliphatic rings. The van der Waals surface area contributed by atoms with Gasteiger partial charge < -0.3 is 5.32 Å². The van der Waals surface area contributed by atoms with E-state index >= 15 is 0 Å². The van der Waals surface area contributed by atoms with Crippen molar-refractivity contribution in [3.63, 3.8) is 0 Å². The van der Waals surface area contributed by atoms with Crippen molar-refractivity contribution in [2.24, 2.45) is 16.8 Å². The van der Waals surface area contributed by atoms with Gasteiger partial charge in [0.05, 0.1) is 5.69 Å². The third-order valence-electron chi connectivity index (χ3n) is 4.91. The molecule has 1 heterocycles. The van der Waals surface area contributed by atoms with E-state index in [9.17, 15) is 9.59 Å². The van der Waals surface area contributed by atoms with Crippen LogP contribution in [0.25, 0.3) is 0 Å². The maximum atomic E-state index is 12.7. The van der Waals surface area contributed by atoms with Crippen LogP contribution in [0.3, 0.4) is 0 Å². The summed E-state index contributed by atoms with van der Waals surface area (Å²) in [6, 6.07) is 8.95. The van der Waals surface area contributed by atoms with Crippen molar-refractivity contribution < 1.29 is 9.59 Å². The fourth-order valence-electron chi connectivity index (χ4n) is 3.25. The minimum atomic E-state index is -0.576. The number of amidine groups is 1. The molecule has 1 aromatic rings. The Morgan fingerprint density at radius 3 is 2.42 bits per heavy atom. The summed E-state index contributed by atoms with van der Waals surface area (Å²) < 4.78 is 0. The van der Waals surface area contributed by atoms with Crippen LogP contribution >= 0.6 is 0 Å². The van der Waals surface area contributed by atoms with Crippen LogP contribution in [0, 0.1) is 11.8 Å². The Hall–Kier alpha value is -2.37. The van der Waals surface area contributed by atoms with Gasteiger partial charge in [-0.2, -0.15) is 0 Å². The summed E-state index contributed by atoms with van der Waals surface area (Å²) >= 11 is 0. The Morgan fingerprint density at radius 1 is 1.21 bits per heavy atom. The van der Waals surface area contributed by atoms with Gasteiger partial charge in [0.25, 0.3) is 11.8 Å². The van der Waals surface area contributed by atoms with Crippen LogP contribution in [0.4, 0.5) is 5.69 Å². The fraction of sp³-hybridized carbons (Fsp3) is 0.500. The molecular formula is C18H22N4O2. The first-order valence-corrected chi connectivity index (χ1v) is 8.68. The van der Waals surface area contributed by atoms with E-state index in [0.717, 1.165) is 0 Å². The Labute approximate surface area is 141 Å². The molecule has 0 unspecified atom stereocenters. The molecule has 0 aromatic heterocycles. The van der Waals surface area contributed by atoms with Gasteiger partial charge in [-0.15, -0.1) is 0 Å². The van der Waals surface area contributed by atoms with Crippen LogP contribution in [-0.2, 0) is 9.59 Å². The number of nitrogens with one attached hydrogen (secondary N) is 2. The van der Waals surface area contributed by atoms with E-state index in [1.165, 1.54) is 30.7 Å². The van der Waals surface area contributed by atoms with E-state index in [1.54, 1.807) is 6.92 Å². The van der Waals surface area contributed by atoms with Crippen molar-refractivity contribution in [2.45, 2.75) is 44.7 Å². The minimum absolute atomic E-state index is 0.168. The first-order chi connectivity index (χ1) is 11.6. The molecule has 2 amide bonds. The quantitative estimate of drug-likeness (QED) is 0.864. The molecule has 0 radical (unpaired) electrons. The number of carbonyl (C=O) groups excluding carboxylic acids is 2. The van der Waals surface area contributed by atoms with Gasteiger partial charge in [-0.05, 0) is 56.6 Å². The number of hydrazine groups is 1. The molecule has 0 bridgehead atoms. The van der Waals surface area contributed by atoms with Crippen molar-refractivity contribution in [1.29, 1.82) is 0 Å². The molecule has 2 saturated carbocycles. The maximum Gasteiger partial charge on any atom is 0.288 e. The Balaban J connectivity index is 1.50. The molecule has 6 nitrogen and oxygen atoms in total. The SMILES string of the molecule is C[C@@H]1N=C(C(=O)NC(C2CC2)C2CC2)NN(c2ccccc2)C1=O. The highest BCUT2D eigenvalue weighted by Gasteiger charge is 2.43. The summed E-state index contributed by atoms with van der Waals surface area (Å²) in [5.74, 6) is 1.08. The largest absolute Gasteiger partial charge is 0.346 e. The highest BCUT2D eigenvalue weighted by Crippen LogP contribution is 2.44. The van der Waals surface area contributed by atoms with Crippen LogP contribution < -0.4 is 15.8 Å². The predicted molar refractivity (Wildman–Crippen MR) is 91.3 cm³/mol. The van der Waals surface area contributed by atoms with Gasteiger partial charge in [0, 0.05) is 6.04 Å². The second kappa shape index (κ2) is 5.92. The van der Waals surface area contributed by atoms with Crippen molar-refractivity contribution in [2.75, 3.05) is 5.01 Å². The highest BCUT2D eigenvalue weighted by atomic mass is 16.2.